The highest BCUT2D eigenvalue weighted by molar-refractivity contribution is 7.92. The average Bonchev–Trinajstić information content (AvgIpc) is 2.37. The zero-order valence-corrected chi connectivity index (χ0v) is 10.5. The van der Waals surface area contributed by atoms with Crippen LogP contribution in [0.2, 0.25) is 0 Å². The Morgan fingerprint density at radius 2 is 1.82 bits per heavy atom. The maximum absolute atomic E-state index is 11.7. The number of anilines is 1. The van der Waals surface area contributed by atoms with Gasteiger partial charge in [0.15, 0.2) is 0 Å². The summed E-state index contributed by atoms with van der Waals surface area (Å²) in [7, 11) is -1.70. The number of fused-ring (bicyclic) bond motifs is 1. The molecule has 90 valence electrons. The molecule has 0 radical (unpaired) electrons. The van der Waals surface area contributed by atoms with E-state index in [1.165, 1.54) is 11.4 Å². The first-order chi connectivity index (χ1) is 8.04. The third-order valence-electron chi connectivity index (χ3n) is 2.60. The molecule has 0 bridgehead atoms. The molecule has 0 spiro atoms. The van der Waals surface area contributed by atoms with Gasteiger partial charge in [-0.05, 0) is 25.1 Å². The van der Waals surface area contributed by atoms with Crippen LogP contribution < -0.4 is 4.31 Å². The minimum absolute atomic E-state index is 0.0714. The van der Waals surface area contributed by atoms with Gasteiger partial charge in [-0.2, -0.15) is 0 Å². The Hall–Kier alpha value is -1.69. The monoisotopic (exact) mass is 251 g/mol. The minimum atomic E-state index is -3.23. The van der Waals surface area contributed by atoms with Crippen LogP contribution in [0.4, 0.5) is 5.69 Å². The maximum atomic E-state index is 11.7. The molecule has 0 saturated heterocycles. The van der Waals surface area contributed by atoms with Crippen molar-refractivity contribution < 1.29 is 8.42 Å². The molecule has 0 aliphatic heterocycles. The topological polar surface area (TPSA) is 63.2 Å². The standard InChI is InChI=1S/C11H13N3O2S/c1-3-17(15,16)14(2)9-4-5-10-11(8-9)13-7-6-12-10/h4-8H,3H2,1-2H3. The van der Waals surface area contributed by atoms with Crippen LogP contribution in [0.1, 0.15) is 6.92 Å². The summed E-state index contributed by atoms with van der Waals surface area (Å²) in [6, 6.07) is 5.21. The van der Waals surface area contributed by atoms with Crippen LogP contribution in [-0.2, 0) is 10.0 Å². The highest BCUT2D eigenvalue weighted by Crippen LogP contribution is 2.20. The first-order valence-electron chi connectivity index (χ1n) is 5.22. The quantitative estimate of drug-likeness (QED) is 0.827. The third kappa shape index (κ3) is 2.21. The summed E-state index contributed by atoms with van der Waals surface area (Å²) in [5.41, 5.74) is 2.03. The summed E-state index contributed by atoms with van der Waals surface area (Å²) in [6.45, 7) is 1.62. The molecule has 1 heterocycles. The van der Waals surface area contributed by atoms with Gasteiger partial charge in [0.1, 0.15) is 0 Å². The van der Waals surface area contributed by atoms with E-state index in [0.29, 0.717) is 11.2 Å². The van der Waals surface area contributed by atoms with E-state index in [9.17, 15) is 8.42 Å². The molecular weight excluding hydrogens is 238 g/mol. The molecule has 2 rings (SSSR count). The zero-order valence-electron chi connectivity index (χ0n) is 9.66. The molecule has 0 saturated carbocycles. The number of hydrogen-bond donors (Lipinski definition) is 0. The van der Waals surface area contributed by atoms with Crippen molar-refractivity contribution in [3.8, 4) is 0 Å². The second-order valence-corrected chi connectivity index (χ2v) is 5.89. The molecule has 0 amide bonds. The second-order valence-electron chi connectivity index (χ2n) is 3.60. The normalized spacial score (nSPS) is 11.6. The first kappa shape index (κ1) is 11.8. The first-order valence-corrected chi connectivity index (χ1v) is 6.83. The Morgan fingerprint density at radius 3 is 2.47 bits per heavy atom. The second kappa shape index (κ2) is 4.29. The van der Waals surface area contributed by atoms with Gasteiger partial charge in [0.05, 0.1) is 22.5 Å². The van der Waals surface area contributed by atoms with Gasteiger partial charge in [0.25, 0.3) is 0 Å². The van der Waals surface area contributed by atoms with Gasteiger partial charge in [0.2, 0.25) is 10.0 Å². The summed E-state index contributed by atoms with van der Waals surface area (Å²) >= 11 is 0. The summed E-state index contributed by atoms with van der Waals surface area (Å²) in [5, 5.41) is 0. The Kier molecular flexibility index (Phi) is 2.97. The molecule has 0 fully saturated rings. The van der Waals surface area contributed by atoms with Crippen LogP contribution in [-0.4, -0.2) is 31.2 Å². The number of hydrogen-bond acceptors (Lipinski definition) is 4. The lowest BCUT2D eigenvalue weighted by Gasteiger charge is -2.18. The van der Waals surface area contributed by atoms with Crippen molar-refractivity contribution in [2.75, 3.05) is 17.1 Å². The largest absolute Gasteiger partial charge is 0.273 e. The molecular formula is C11H13N3O2S. The molecule has 0 N–H and O–H groups in total. The van der Waals surface area contributed by atoms with Gasteiger partial charge in [0, 0.05) is 19.4 Å². The molecule has 0 atom stereocenters. The number of aromatic nitrogens is 2. The highest BCUT2D eigenvalue weighted by atomic mass is 32.2. The molecule has 1 aromatic heterocycles. The molecule has 2 aromatic rings. The van der Waals surface area contributed by atoms with Gasteiger partial charge in [-0.1, -0.05) is 0 Å². The fourth-order valence-corrected chi connectivity index (χ4v) is 2.32. The number of benzene rings is 1. The van der Waals surface area contributed by atoms with Crippen LogP contribution in [0.25, 0.3) is 11.0 Å². The van der Waals surface area contributed by atoms with E-state index < -0.39 is 10.0 Å². The lowest BCUT2D eigenvalue weighted by atomic mass is 10.2. The van der Waals surface area contributed by atoms with E-state index in [1.807, 2.05) is 0 Å². The molecule has 0 aliphatic rings. The number of nitrogens with zero attached hydrogens (tertiary/aromatic N) is 3. The summed E-state index contributed by atoms with van der Waals surface area (Å²) in [4.78, 5) is 8.28. The van der Waals surface area contributed by atoms with Crippen molar-refractivity contribution in [3.05, 3.63) is 30.6 Å². The van der Waals surface area contributed by atoms with Crippen LogP contribution >= 0.6 is 0 Å². The zero-order chi connectivity index (χ0) is 12.5. The van der Waals surface area contributed by atoms with Crippen LogP contribution in [0.3, 0.4) is 0 Å². The van der Waals surface area contributed by atoms with Crippen LogP contribution in [0.5, 0.6) is 0 Å². The Bertz CT molecular complexity index is 640. The lowest BCUT2D eigenvalue weighted by molar-refractivity contribution is 0.595. The van der Waals surface area contributed by atoms with Gasteiger partial charge >= 0.3 is 0 Å². The molecule has 0 aliphatic carbocycles. The highest BCUT2D eigenvalue weighted by Gasteiger charge is 2.15. The predicted octanol–water partition coefficient (Wildman–Crippen LogP) is 1.42. The Morgan fingerprint density at radius 1 is 1.18 bits per heavy atom. The van der Waals surface area contributed by atoms with Gasteiger partial charge in [-0.15, -0.1) is 0 Å². The third-order valence-corrected chi connectivity index (χ3v) is 4.37. The van der Waals surface area contributed by atoms with Gasteiger partial charge in [-0.25, -0.2) is 8.42 Å². The van der Waals surface area contributed by atoms with Crippen molar-refractivity contribution >= 4 is 26.7 Å². The average molecular weight is 251 g/mol. The number of rotatable bonds is 3. The molecule has 0 unspecified atom stereocenters. The summed E-state index contributed by atoms with van der Waals surface area (Å²) in [6.07, 6.45) is 3.19. The van der Waals surface area contributed by atoms with Crippen molar-refractivity contribution in [1.82, 2.24) is 9.97 Å². The van der Waals surface area contributed by atoms with Crippen LogP contribution in [0, 0.1) is 0 Å². The summed E-state index contributed by atoms with van der Waals surface area (Å²) in [5.74, 6) is 0.0714. The SMILES string of the molecule is CCS(=O)(=O)N(C)c1ccc2nccnc2c1. The predicted molar refractivity (Wildman–Crippen MR) is 67.4 cm³/mol. The summed E-state index contributed by atoms with van der Waals surface area (Å²) < 4.78 is 24.7. The Labute approximate surface area is 100 Å². The van der Waals surface area contributed by atoms with Crippen molar-refractivity contribution in [2.24, 2.45) is 0 Å². The fourth-order valence-electron chi connectivity index (χ4n) is 1.50. The van der Waals surface area contributed by atoms with Crippen molar-refractivity contribution in [2.45, 2.75) is 6.92 Å². The van der Waals surface area contributed by atoms with E-state index in [-0.39, 0.29) is 5.75 Å². The smallest absolute Gasteiger partial charge is 0.234 e. The molecule has 6 heteroatoms. The Balaban J connectivity index is 2.50. The number of sulfonamides is 1. The van der Waals surface area contributed by atoms with Crippen LogP contribution in [0.15, 0.2) is 30.6 Å². The van der Waals surface area contributed by atoms with Crippen molar-refractivity contribution in [3.63, 3.8) is 0 Å². The minimum Gasteiger partial charge on any atom is -0.273 e. The molecule has 1 aromatic carbocycles. The van der Waals surface area contributed by atoms with E-state index in [0.717, 1.165) is 5.52 Å². The van der Waals surface area contributed by atoms with E-state index >= 15 is 0 Å². The fraction of sp³-hybridized carbons (Fsp3) is 0.273. The molecule has 5 nitrogen and oxygen atoms in total. The molecule has 17 heavy (non-hydrogen) atoms. The van der Waals surface area contributed by atoms with Crippen molar-refractivity contribution in [1.29, 1.82) is 0 Å². The van der Waals surface area contributed by atoms with Gasteiger partial charge < -0.3 is 0 Å². The van der Waals surface area contributed by atoms with E-state index in [2.05, 4.69) is 9.97 Å². The van der Waals surface area contributed by atoms with Gasteiger partial charge in [-0.3, -0.25) is 14.3 Å². The lowest BCUT2D eigenvalue weighted by Crippen LogP contribution is -2.27. The maximum Gasteiger partial charge on any atom is 0.234 e. The van der Waals surface area contributed by atoms with E-state index in [4.69, 9.17) is 0 Å². The van der Waals surface area contributed by atoms with E-state index in [1.54, 1.807) is 37.5 Å².